The summed E-state index contributed by atoms with van der Waals surface area (Å²) in [5.41, 5.74) is -0.329. The Kier molecular flexibility index (Phi) is 5.15. The molecule has 1 amide bonds. The lowest BCUT2D eigenvalue weighted by Crippen LogP contribution is -2.35. The fraction of sp³-hybridized carbons (Fsp3) is 0.235. The molecule has 0 bridgehead atoms. The minimum Gasteiger partial charge on any atom is -0.323 e. The van der Waals surface area contributed by atoms with Crippen LogP contribution in [0.2, 0.25) is 0 Å². The van der Waals surface area contributed by atoms with Gasteiger partial charge in [0.2, 0.25) is 5.91 Å². The predicted octanol–water partition coefficient (Wildman–Crippen LogP) is 3.91. The van der Waals surface area contributed by atoms with Crippen LogP contribution in [0.4, 0.5) is 10.1 Å². The van der Waals surface area contributed by atoms with E-state index in [1.54, 1.807) is 26.0 Å². The van der Waals surface area contributed by atoms with Gasteiger partial charge in [-0.1, -0.05) is 28.1 Å². The van der Waals surface area contributed by atoms with E-state index in [-0.39, 0.29) is 10.6 Å². The summed E-state index contributed by atoms with van der Waals surface area (Å²) in [6, 6.07) is 10.5. The lowest BCUT2D eigenvalue weighted by Gasteiger charge is -2.24. The standard InChI is InChI=1S/C17H17BrFNO3S/c1-17(2,11-4-6-12(18)7-5-11)16(21)20-15-10-13(24(3,22)23)8-9-14(15)19/h4-10H,1-3H3,(H,20,21). The van der Waals surface area contributed by atoms with Crippen LogP contribution < -0.4 is 5.32 Å². The van der Waals surface area contributed by atoms with Crippen molar-refractivity contribution in [1.82, 2.24) is 0 Å². The number of anilines is 1. The molecule has 0 heterocycles. The molecule has 0 spiro atoms. The minimum atomic E-state index is -3.49. The number of halogens is 2. The lowest BCUT2D eigenvalue weighted by atomic mass is 9.83. The molecule has 2 aromatic carbocycles. The van der Waals surface area contributed by atoms with Crippen LogP contribution >= 0.6 is 15.9 Å². The van der Waals surface area contributed by atoms with Crippen LogP contribution in [0, 0.1) is 5.82 Å². The van der Waals surface area contributed by atoms with Gasteiger partial charge in [-0.25, -0.2) is 12.8 Å². The number of carbonyl (C=O) groups is 1. The number of sulfone groups is 1. The number of amides is 1. The molecule has 0 aliphatic heterocycles. The average molecular weight is 414 g/mol. The maximum Gasteiger partial charge on any atom is 0.234 e. The molecule has 24 heavy (non-hydrogen) atoms. The quantitative estimate of drug-likeness (QED) is 0.772. The Labute approximate surface area is 149 Å². The van der Waals surface area contributed by atoms with Gasteiger partial charge in [-0.3, -0.25) is 4.79 Å². The zero-order valence-corrected chi connectivity index (χ0v) is 15.8. The van der Waals surface area contributed by atoms with Crippen molar-refractivity contribution in [3.05, 3.63) is 58.3 Å². The largest absolute Gasteiger partial charge is 0.323 e. The Balaban J connectivity index is 2.33. The normalized spacial score (nSPS) is 12.0. The van der Waals surface area contributed by atoms with Gasteiger partial charge in [-0.05, 0) is 49.7 Å². The number of hydrogen-bond acceptors (Lipinski definition) is 3. The fourth-order valence-electron chi connectivity index (χ4n) is 2.11. The molecule has 0 aliphatic rings. The summed E-state index contributed by atoms with van der Waals surface area (Å²) in [7, 11) is -3.49. The van der Waals surface area contributed by atoms with Gasteiger partial charge in [0, 0.05) is 10.7 Å². The second-order valence-electron chi connectivity index (χ2n) is 6.00. The van der Waals surface area contributed by atoms with Gasteiger partial charge in [0.1, 0.15) is 5.82 Å². The first-order valence-electron chi connectivity index (χ1n) is 7.09. The van der Waals surface area contributed by atoms with Crippen molar-refractivity contribution in [1.29, 1.82) is 0 Å². The average Bonchev–Trinajstić information content (AvgIpc) is 2.48. The van der Waals surface area contributed by atoms with Crippen molar-refractivity contribution in [3.8, 4) is 0 Å². The molecule has 2 aromatic rings. The van der Waals surface area contributed by atoms with E-state index in [0.29, 0.717) is 0 Å². The number of rotatable bonds is 4. The highest BCUT2D eigenvalue weighted by molar-refractivity contribution is 9.10. The number of carbonyl (C=O) groups excluding carboxylic acids is 1. The first-order chi connectivity index (χ1) is 11.0. The van der Waals surface area contributed by atoms with Gasteiger partial charge in [0.25, 0.3) is 0 Å². The van der Waals surface area contributed by atoms with Gasteiger partial charge >= 0.3 is 0 Å². The topological polar surface area (TPSA) is 63.2 Å². The molecule has 1 N–H and O–H groups in total. The van der Waals surface area contributed by atoms with Crippen molar-refractivity contribution < 1.29 is 17.6 Å². The van der Waals surface area contributed by atoms with Gasteiger partial charge < -0.3 is 5.32 Å². The molecule has 7 heteroatoms. The van der Waals surface area contributed by atoms with Crippen LogP contribution in [-0.2, 0) is 20.0 Å². The highest BCUT2D eigenvalue weighted by Gasteiger charge is 2.30. The number of benzene rings is 2. The first kappa shape index (κ1) is 18.6. The Hall–Kier alpha value is -1.73. The Morgan fingerprint density at radius 2 is 1.71 bits per heavy atom. The number of hydrogen-bond donors (Lipinski definition) is 1. The lowest BCUT2D eigenvalue weighted by molar-refractivity contribution is -0.120. The van der Waals surface area contributed by atoms with Gasteiger partial charge in [-0.2, -0.15) is 0 Å². The molecule has 4 nitrogen and oxygen atoms in total. The van der Waals surface area contributed by atoms with Gasteiger partial charge in [0.15, 0.2) is 9.84 Å². The molecule has 0 fully saturated rings. The van der Waals surface area contributed by atoms with E-state index in [2.05, 4.69) is 21.2 Å². The summed E-state index contributed by atoms with van der Waals surface area (Å²) in [6.07, 6.45) is 1.03. The molecule has 0 unspecified atom stereocenters. The second-order valence-corrected chi connectivity index (χ2v) is 8.93. The van der Waals surface area contributed by atoms with Gasteiger partial charge in [0.05, 0.1) is 16.0 Å². The molecular weight excluding hydrogens is 397 g/mol. The Morgan fingerprint density at radius 3 is 2.25 bits per heavy atom. The second kappa shape index (κ2) is 6.64. The third-order valence-corrected chi connectivity index (χ3v) is 5.39. The molecule has 0 saturated carbocycles. The van der Waals surface area contributed by atoms with E-state index in [0.717, 1.165) is 28.4 Å². The first-order valence-corrected chi connectivity index (χ1v) is 9.77. The fourth-order valence-corrected chi connectivity index (χ4v) is 3.02. The van der Waals surface area contributed by atoms with Crippen molar-refractivity contribution in [2.45, 2.75) is 24.2 Å². The minimum absolute atomic E-state index is 0.0550. The zero-order chi connectivity index (χ0) is 18.1. The van der Waals surface area contributed by atoms with E-state index < -0.39 is 27.0 Å². The summed E-state index contributed by atoms with van der Waals surface area (Å²) in [5.74, 6) is -1.13. The predicted molar refractivity (Wildman–Crippen MR) is 95.3 cm³/mol. The zero-order valence-electron chi connectivity index (χ0n) is 13.4. The summed E-state index contributed by atoms with van der Waals surface area (Å²) < 4.78 is 38.0. The maximum atomic E-state index is 13.9. The molecule has 2 rings (SSSR count). The van der Waals surface area contributed by atoms with E-state index >= 15 is 0 Å². The summed E-state index contributed by atoms with van der Waals surface area (Å²) in [5, 5.41) is 2.49. The van der Waals surface area contributed by atoms with Crippen LogP contribution in [0.3, 0.4) is 0 Å². The van der Waals surface area contributed by atoms with Crippen LogP contribution in [0.15, 0.2) is 51.8 Å². The number of nitrogens with one attached hydrogen (secondary N) is 1. The molecule has 0 radical (unpaired) electrons. The highest BCUT2D eigenvalue weighted by Crippen LogP contribution is 2.28. The van der Waals surface area contributed by atoms with Crippen LogP contribution in [0.25, 0.3) is 0 Å². The van der Waals surface area contributed by atoms with E-state index in [1.807, 2.05) is 12.1 Å². The third-order valence-electron chi connectivity index (χ3n) is 3.75. The van der Waals surface area contributed by atoms with E-state index in [1.165, 1.54) is 6.07 Å². The summed E-state index contributed by atoms with van der Waals surface area (Å²) >= 11 is 3.33. The summed E-state index contributed by atoms with van der Waals surface area (Å²) in [4.78, 5) is 12.5. The van der Waals surface area contributed by atoms with E-state index in [9.17, 15) is 17.6 Å². The maximum absolute atomic E-state index is 13.9. The van der Waals surface area contributed by atoms with Crippen molar-refractivity contribution >= 4 is 37.4 Å². The molecule has 0 saturated heterocycles. The molecular formula is C17H17BrFNO3S. The molecule has 0 atom stereocenters. The van der Waals surface area contributed by atoms with Crippen molar-refractivity contribution in [2.75, 3.05) is 11.6 Å². The van der Waals surface area contributed by atoms with Crippen LogP contribution in [0.1, 0.15) is 19.4 Å². The molecule has 0 aliphatic carbocycles. The van der Waals surface area contributed by atoms with Crippen LogP contribution in [0.5, 0.6) is 0 Å². The van der Waals surface area contributed by atoms with Gasteiger partial charge in [-0.15, -0.1) is 0 Å². The molecule has 0 aromatic heterocycles. The van der Waals surface area contributed by atoms with Crippen LogP contribution in [-0.4, -0.2) is 20.6 Å². The third kappa shape index (κ3) is 4.02. The highest BCUT2D eigenvalue weighted by atomic mass is 79.9. The molecule has 128 valence electrons. The Bertz CT molecular complexity index is 877. The Morgan fingerprint density at radius 1 is 1.12 bits per heavy atom. The van der Waals surface area contributed by atoms with Crippen molar-refractivity contribution in [2.24, 2.45) is 0 Å². The summed E-state index contributed by atoms with van der Waals surface area (Å²) in [6.45, 7) is 3.42. The monoisotopic (exact) mass is 413 g/mol. The van der Waals surface area contributed by atoms with Crippen molar-refractivity contribution in [3.63, 3.8) is 0 Å². The van der Waals surface area contributed by atoms with E-state index in [4.69, 9.17) is 0 Å². The smallest absolute Gasteiger partial charge is 0.234 e. The SMILES string of the molecule is CC(C)(C(=O)Nc1cc(S(C)(=O)=O)ccc1F)c1ccc(Br)cc1.